The Morgan fingerprint density at radius 3 is 2.24 bits per heavy atom. The fraction of sp³-hybridized carbons (Fsp3) is 0.542. The Bertz CT molecular complexity index is 1090. The smallest absolute Gasteiger partial charge is 0.243 e. The van der Waals surface area contributed by atoms with Crippen molar-refractivity contribution in [1.82, 2.24) is 19.2 Å². The summed E-state index contributed by atoms with van der Waals surface area (Å²) >= 11 is 0. The highest BCUT2D eigenvalue weighted by atomic mass is 32.2. The first kappa shape index (κ1) is 22.3. The van der Waals surface area contributed by atoms with Gasteiger partial charge >= 0.3 is 0 Å². The number of carbonyl (C=O) groups excluding carboxylic acids is 1. The summed E-state index contributed by atoms with van der Waals surface area (Å²) in [5.74, 6) is 0.735. The van der Waals surface area contributed by atoms with Crippen molar-refractivity contribution in [3.63, 3.8) is 0 Å². The van der Waals surface area contributed by atoms with Crippen molar-refractivity contribution in [2.75, 3.05) is 44.2 Å². The molecule has 3 heterocycles. The van der Waals surface area contributed by atoms with Gasteiger partial charge in [0, 0.05) is 57.6 Å². The number of aryl methyl sites for hydroxylation is 2. The molecule has 2 aliphatic heterocycles. The minimum absolute atomic E-state index is 0.112. The molecule has 1 amide bonds. The number of sulfonamides is 1. The van der Waals surface area contributed by atoms with Gasteiger partial charge in [-0.1, -0.05) is 6.07 Å². The van der Waals surface area contributed by atoms with Gasteiger partial charge in [-0.3, -0.25) is 4.79 Å². The number of fused-ring (bicyclic) bond motifs is 1. The van der Waals surface area contributed by atoms with Crippen LogP contribution in [0.25, 0.3) is 0 Å². The summed E-state index contributed by atoms with van der Waals surface area (Å²) in [7, 11) is -3.52. The van der Waals surface area contributed by atoms with E-state index in [0.717, 1.165) is 19.3 Å². The predicted octanol–water partition coefficient (Wildman–Crippen LogP) is 2.10. The van der Waals surface area contributed by atoms with Crippen LogP contribution in [0, 0.1) is 5.92 Å². The Morgan fingerprint density at radius 2 is 1.55 bits per heavy atom. The summed E-state index contributed by atoms with van der Waals surface area (Å²) in [5.41, 5.74) is 2.45. The van der Waals surface area contributed by atoms with E-state index in [0.29, 0.717) is 63.0 Å². The molecule has 2 saturated heterocycles. The zero-order chi connectivity index (χ0) is 22.8. The molecule has 2 aromatic rings. The Labute approximate surface area is 195 Å². The van der Waals surface area contributed by atoms with Crippen LogP contribution in [0.4, 0.5) is 5.95 Å². The normalized spacial score (nSPS) is 20.5. The SMILES string of the molecule is O=C(C1CCN(S(=O)(=O)c2ccc3c(c2)CCCC3)CC1)N1CCN(c2ncccn2)CC1. The largest absolute Gasteiger partial charge is 0.339 e. The van der Waals surface area contributed by atoms with Crippen molar-refractivity contribution in [1.29, 1.82) is 0 Å². The molecular formula is C24H31N5O3S. The second-order valence-electron chi connectivity index (χ2n) is 9.18. The molecule has 0 saturated carbocycles. The van der Waals surface area contributed by atoms with Crippen LogP contribution < -0.4 is 4.90 Å². The van der Waals surface area contributed by atoms with Gasteiger partial charge < -0.3 is 9.80 Å². The maximum atomic E-state index is 13.2. The van der Waals surface area contributed by atoms with Crippen LogP contribution in [-0.2, 0) is 27.7 Å². The first-order valence-electron chi connectivity index (χ1n) is 11.9. The molecule has 176 valence electrons. The molecule has 9 heteroatoms. The number of aromatic nitrogens is 2. The molecule has 1 aliphatic carbocycles. The maximum Gasteiger partial charge on any atom is 0.243 e. The second kappa shape index (κ2) is 9.38. The van der Waals surface area contributed by atoms with Gasteiger partial charge in [-0.05, 0) is 67.9 Å². The minimum atomic E-state index is -3.52. The molecule has 3 aliphatic rings. The fourth-order valence-electron chi connectivity index (χ4n) is 5.20. The van der Waals surface area contributed by atoms with E-state index in [1.54, 1.807) is 28.8 Å². The van der Waals surface area contributed by atoms with Gasteiger partial charge in [0.2, 0.25) is 21.9 Å². The van der Waals surface area contributed by atoms with Crippen molar-refractivity contribution in [3.05, 3.63) is 47.8 Å². The average molecular weight is 470 g/mol. The van der Waals surface area contributed by atoms with Gasteiger partial charge in [-0.25, -0.2) is 18.4 Å². The number of piperazine rings is 1. The lowest BCUT2D eigenvalue weighted by atomic mass is 9.92. The van der Waals surface area contributed by atoms with Gasteiger partial charge in [0.1, 0.15) is 0 Å². The summed E-state index contributed by atoms with van der Waals surface area (Å²) in [4.78, 5) is 26.1. The van der Waals surface area contributed by atoms with Gasteiger partial charge in [0.05, 0.1) is 4.90 Å². The molecule has 0 unspecified atom stereocenters. The second-order valence-corrected chi connectivity index (χ2v) is 11.1. The molecule has 33 heavy (non-hydrogen) atoms. The highest BCUT2D eigenvalue weighted by Gasteiger charge is 2.35. The summed E-state index contributed by atoms with van der Waals surface area (Å²) < 4.78 is 28.0. The molecule has 0 N–H and O–H groups in total. The lowest BCUT2D eigenvalue weighted by Crippen LogP contribution is -2.52. The summed E-state index contributed by atoms with van der Waals surface area (Å²) in [6.45, 7) is 3.50. The van der Waals surface area contributed by atoms with E-state index in [-0.39, 0.29) is 11.8 Å². The topological polar surface area (TPSA) is 86.7 Å². The summed E-state index contributed by atoms with van der Waals surface area (Å²) in [5, 5.41) is 0. The van der Waals surface area contributed by atoms with Gasteiger partial charge in [-0.15, -0.1) is 0 Å². The number of hydrogen-bond acceptors (Lipinski definition) is 6. The highest BCUT2D eigenvalue weighted by Crippen LogP contribution is 2.29. The third kappa shape index (κ3) is 4.61. The van der Waals surface area contributed by atoms with E-state index in [1.165, 1.54) is 17.5 Å². The molecule has 1 aromatic carbocycles. The first-order valence-corrected chi connectivity index (χ1v) is 13.4. The van der Waals surface area contributed by atoms with Gasteiger partial charge in [-0.2, -0.15) is 4.31 Å². The minimum Gasteiger partial charge on any atom is -0.339 e. The van der Waals surface area contributed by atoms with Crippen LogP contribution in [0.3, 0.4) is 0 Å². The van der Waals surface area contributed by atoms with Crippen LogP contribution in [0.2, 0.25) is 0 Å². The average Bonchev–Trinajstić information content (AvgIpc) is 2.88. The molecule has 0 bridgehead atoms. The van der Waals surface area contributed by atoms with E-state index in [4.69, 9.17) is 0 Å². The van der Waals surface area contributed by atoms with E-state index >= 15 is 0 Å². The third-order valence-corrected chi connectivity index (χ3v) is 9.08. The standard InChI is InChI=1S/C24H31N5O3S/c30-23(27-14-16-28(17-15-27)24-25-10-3-11-26-24)20-8-12-29(13-9-20)33(31,32)22-7-6-19-4-1-2-5-21(19)18-22/h3,6-7,10-11,18,20H,1-2,4-5,8-9,12-17H2. The van der Waals surface area contributed by atoms with Crippen molar-refractivity contribution >= 4 is 21.9 Å². The maximum absolute atomic E-state index is 13.2. The van der Waals surface area contributed by atoms with Gasteiger partial charge in [0.25, 0.3) is 0 Å². The lowest BCUT2D eigenvalue weighted by Gasteiger charge is -2.38. The number of carbonyl (C=O) groups is 1. The van der Waals surface area contributed by atoms with Crippen molar-refractivity contribution < 1.29 is 13.2 Å². The number of benzene rings is 1. The molecule has 0 atom stereocenters. The molecule has 5 rings (SSSR count). The number of piperidine rings is 1. The predicted molar refractivity (Wildman–Crippen MR) is 125 cm³/mol. The van der Waals surface area contributed by atoms with E-state index in [9.17, 15) is 13.2 Å². The van der Waals surface area contributed by atoms with E-state index < -0.39 is 10.0 Å². The molecule has 8 nitrogen and oxygen atoms in total. The Balaban J connectivity index is 1.17. The zero-order valence-electron chi connectivity index (χ0n) is 18.9. The fourth-order valence-corrected chi connectivity index (χ4v) is 6.72. The Morgan fingerprint density at radius 1 is 0.879 bits per heavy atom. The quantitative estimate of drug-likeness (QED) is 0.682. The molecule has 0 spiro atoms. The van der Waals surface area contributed by atoms with Crippen LogP contribution in [0.15, 0.2) is 41.6 Å². The van der Waals surface area contributed by atoms with Crippen molar-refractivity contribution in [2.45, 2.75) is 43.4 Å². The number of hydrogen-bond donors (Lipinski definition) is 0. The summed E-state index contributed by atoms with van der Waals surface area (Å²) in [6.07, 6.45) is 8.90. The molecular weight excluding hydrogens is 438 g/mol. The monoisotopic (exact) mass is 469 g/mol. The lowest BCUT2D eigenvalue weighted by molar-refractivity contribution is -0.137. The third-order valence-electron chi connectivity index (χ3n) is 7.19. The number of rotatable bonds is 4. The van der Waals surface area contributed by atoms with Crippen LogP contribution in [0.1, 0.15) is 36.8 Å². The molecule has 1 aromatic heterocycles. The summed E-state index contributed by atoms with van der Waals surface area (Å²) in [6, 6.07) is 7.41. The van der Waals surface area contributed by atoms with E-state index in [1.807, 2.05) is 17.0 Å². The van der Waals surface area contributed by atoms with Crippen molar-refractivity contribution in [3.8, 4) is 0 Å². The van der Waals surface area contributed by atoms with Crippen LogP contribution in [-0.4, -0.2) is 72.8 Å². The molecule has 0 radical (unpaired) electrons. The number of anilines is 1. The first-order chi connectivity index (χ1) is 16.0. The molecule has 2 fully saturated rings. The Kier molecular flexibility index (Phi) is 6.34. The highest BCUT2D eigenvalue weighted by molar-refractivity contribution is 7.89. The zero-order valence-corrected chi connectivity index (χ0v) is 19.7. The van der Waals surface area contributed by atoms with E-state index in [2.05, 4.69) is 14.9 Å². The number of amides is 1. The van der Waals surface area contributed by atoms with Crippen LogP contribution >= 0.6 is 0 Å². The Hall–Kier alpha value is -2.52. The number of nitrogens with zero attached hydrogens (tertiary/aromatic N) is 5. The van der Waals surface area contributed by atoms with Crippen LogP contribution in [0.5, 0.6) is 0 Å². The van der Waals surface area contributed by atoms with Crippen molar-refractivity contribution in [2.24, 2.45) is 5.92 Å². The van der Waals surface area contributed by atoms with Gasteiger partial charge in [0.15, 0.2) is 0 Å².